The fraction of sp³-hybridized carbons (Fsp3) is 0.429. The van der Waals surface area contributed by atoms with Gasteiger partial charge in [-0.05, 0) is 25.0 Å². The Bertz CT molecular complexity index is 618. The molecule has 0 saturated carbocycles. The number of esters is 2. The predicted octanol–water partition coefficient (Wildman–Crippen LogP) is 3.99. The number of carbonyl (C=O) groups is 2. The minimum atomic E-state index is -0.183. The van der Waals surface area contributed by atoms with Crippen LogP contribution in [0.15, 0.2) is 49.1 Å². The highest BCUT2D eigenvalue weighted by Gasteiger charge is 2.05. The first-order chi connectivity index (χ1) is 13.2. The largest absolute Gasteiger partial charge is 0.461 e. The highest BCUT2D eigenvalue weighted by molar-refractivity contribution is 5.69. The highest BCUT2D eigenvalue weighted by Crippen LogP contribution is 2.10. The van der Waals surface area contributed by atoms with Crippen LogP contribution in [0.1, 0.15) is 56.1 Å². The SMILES string of the molecule is O=C(CCCCCCCC(=O)OCc1cccnc1)OCc1cccnc1. The molecule has 0 aromatic carbocycles. The van der Waals surface area contributed by atoms with Gasteiger partial charge < -0.3 is 9.47 Å². The predicted molar refractivity (Wildman–Crippen MR) is 100 cm³/mol. The van der Waals surface area contributed by atoms with E-state index in [0.717, 1.165) is 43.2 Å². The number of unbranched alkanes of at least 4 members (excludes halogenated alkanes) is 4. The summed E-state index contributed by atoms with van der Waals surface area (Å²) in [5.41, 5.74) is 1.78. The molecule has 0 atom stereocenters. The molecule has 6 heteroatoms. The van der Waals surface area contributed by atoms with Crippen molar-refractivity contribution in [2.24, 2.45) is 0 Å². The van der Waals surface area contributed by atoms with Crippen LogP contribution < -0.4 is 0 Å². The molecule has 0 radical (unpaired) electrons. The molecule has 0 aliphatic carbocycles. The Balaban J connectivity index is 1.41. The van der Waals surface area contributed by atoms with Gasteiger partial charge in [-0.1, -0.05) is 31.4 Å². The van der Waals surface area contributed by atoms with Gasteiger partial charge in [0.15, 0.2) is 0 Å². The van der Waals surface area contributed by atoms with E-state index in [2.05, 4.69) is 9.97 Å². The number of carbonyl (C=O) groups excluding carboxylic acids is 2. The normalized spacial score (nSPS) is 10.4. The third kappa shape index (κ3) is 9.49. The van der Waals surface area contributed by atoms with Crippen molar-refractivity contribution in [2.45, 2.75) is 58.2 Å². The van der Waals surface area contributed by atoms with Crippen molar-refractivity contribution in [3.05, 3.63) is 60.2 Å². The molecule has 144 valence electrons. The van der Waals surface area contributed by atoms with E-state index in [1.54, 1.807) is 24.8 Å². The lowest BCUT2D eigenvalue weighted by atomic mass is 10.1. The Kier molecular flexibility index (Phi) is 9.57. The van der Waals surface area contributed by atoms with Crippen LogP contribution in [0.3, 0.4) is 0 Å². The summed E-state index contributed by atoms with van der Waals surface area (Å²) < 4.78 is 10.4. The standard InChI is InChI=1S/C21H26N2O4/c24-20(26-16-18-8-6-12-22-14-18)10-4-2-1-3-5-11-21(25)27-17-19-9-7-13-23-15-19/h6-9,12-15H,1-5,10-11,16-17H2. The molecule has 0 bridgehead atoms. The second kappa shape index (κ2) is 12.6. The first kappa shape index (κ1) is 20.6. The maximum atomic E-state index is 11.7. The average molecular weight is 370 g/mol. The molecule has 0 amide bonds. The molecule has 0 N–H and O–H groups in total. The third-order valence-electron chi connectivity index (χ3n) is 4.01. The number of hydrogen-bond donors (Lipinski definition) is 0. The van der Waals surface area contributed by atoms with Crippen molar-refractivity contribution < 1.29 is 19.1 Å². The zero-order valence-corrected chi connectivity index (χ0v) is 15.5. The lowest BCUT2D eigenvalue weighted by molar-refractivity contribution is -0.145. The van der Waals surface area contributed by atoms with Crippen molar-refractivity contribution in [2.75, 3.05) is 0 Å². The number of ether oxygens (including phenoxy) is 2. The van der Waals surface area contributed by atoms with Gasteiger partial charge in [-0.3, -0.25) is 19.6 Å². The monoisotopic (exact) mass is 370 g/mol. The van der Waals surface area contributed by atoms with Gasteiger partial charge in [-0.25, -0.2) is 0 Å². The smallest absolute Gasteiger partial charge is 0.306 e. The van der Waals surface area contributed by atoms with Crippen molar-refractivity contribution in [3.8, 4) is 0 Å². The van der Waals surface area contributed by atoms with Gasteiger partial charge in [-0.15, -0.1) is 0 Å². The van der Waals surface area contributed by atoms with Gasteiger partial charge in [0.1, 0.15) is 13.2 Å². The topological polar surface area (TPSA) is 78.4 Å². The summed E-state index contributed by atoms with van der Waals surface area (Å²) in [4.78, 5) is 31.3. The van der Waals surface area contributed by atoms with E-state index in [9.17, 15) is 9.59 Å². The molecular weight excluding hydrogens is 344 g/mol. The van der Waals surface area contributed by atoms with E-state index in [0.29, 0.717) is 12.8 Å². The Hall–Kier alpha value is -2.76. The molecule has 0 saturated heterocycles. The van der Waals surface area contributed by atoms with E-state index in [1.807, 2.05) is 24.3 Å². The Morgan fingerprint density at radius 1 is 0.704 bits per heavy atom. The van der Waals surface area contributed by atoms with E-state index >= 15 is 0 Å². The molecule has 0 aliphatic rings. The van der Waals surface area contributed by atoms with Crippen LogP contribution in [0.5, 0.6) is 0 Å². The molecule has 2 rings (SSSR count). The zero-order valence-electron chi connectivity index (χ0n) is 15.5. The van der Waals surface area contributed by atoms with Crippen molar-refractivity contribution in [3.63, 3.8) is 0 Å². The fourth-order valence-electron chi connectivity index (χ4n) is 2.51. The van der Waals surface area contributed by atoms with Gasteiger partial charge in [-0.2, -0.15) is 0 Å². The van der Waals surface area contributed by atoms with E-state index in [4.69, 9.17) is 9.47 Å². The van der Waals surface area contributed by atoms with Gasteiger partial charge in [0.2, 0.25) is 0 Å². The van der Waals surface area contributed by atoms with Crippen LogP contribution in [0.2, 0.25) is 0 Å². The third-order valence-corrected chi connectivity index (χ3v) is 4.01. The van der Waals surface area contributed by atoms with Crippen LogP contribution in [0.4, 0.5) is 0 Å². The molecule has 2 aromatic rings. The van der Waals surface area contributed by atoms with E-state index < -0.39 is 0 Å². The minimum absolute atomic E-state index is 0.183. The molecule has 27 heavy (non-hydrogen) atoms. The minimum Gasteiger partial charge on any atom is -0.461 e. The fourth-order valence-corrected chi connectivity index (χ4v) is 2.51. The molecule has 6 nitrogen and oxygen atoms in total. The van der Waals surface area contributed by atoms with E-state index in [-0.39, 0.29) is 25.2 Å². The highest BCUT2D eigenvalue weighted by atomic mass is 16.5. The van der Waals surface area contributed by atoms with Crippen LogP contribution in [0.25, 0.3) is 0 Å². The molecule has 2 heterocycles. The number of nitrogens with zero attached hydrogens (tertiary/aromatic N) is 2. The second-order valence-corrected chi connectivity index (χ2v) is 6.31. The van der Waals surface area contributed by atoms with Gasteiger partial charge in [0.05, 0.1) is 0 Å². The summed E-state index contributed by atoms with van der Waals surface area (Å²) in [6.45, 7) is 0.543. The van der Waals surface area contributed by atoms with Crippen molar-refractivity contribution in [1.82, 2.24) is 9.97 Å². The first-order valence-corrected chi connectivity index (χ1v) is 9.33. The summed E-state index contributed by atoms with van der Waals surface area (Å²) >= 11 is 0. The number of aromatic nitrogens is 2. The number of hydrogen-bond acceptors (Lipinski definition) is 6. The average Bonchev–Trinajstić information content (AvgIpc) is 2.71. The van der Waals surface area contributed by atoms with Crippen LogP contribution in [-0.2, 0) is 32.3 Å². The zero-order chi connectivity index (χ0) is 19.2. The molecular formula is C21H26N2O4. The Morgan fingerprint density at radius 3 is 1.56 bits per heavy atom. The number of rotatable bonds is 12. The molecule has 0 unspecified atom stereocenters. The summed E-state index contributed by atoms with van der Waals surface area (Å²) in [5.74, 6) is -0.365. The van der Waals surface area contributed by atoms with Gasteiger partial charge >= 0.3 is 11.9 Å². The quantitative estimate of drug-likeness (QED) is 0.415. The molecule has 0 spiro atoms. The number of pyridine rings is 2. The van der Waals surface area contributed by atoms with Crippen molar-refractivity contribution in [1.29, 1.82) is 0 Å². The molecule has 0 fully saturated rings. The summed E-state index contributed by atoms with van der Waals surface area (Å²) in [7, 11) is 0. The Morgan fingerprint density at radius 2 is 1.15 bits per heavy atom. The van der Waals surface area contributed by atoms with Gasteiger partial charge in [0, 0.05) is 48.8 Å². The maximum Gasteiger partial charge on any atom is 0.306 e. The maximum absolute atomic E-state index is 11.7. The van der Waals surface area contributed by atoms with E-state index in [1.165, 1.54) is 0 Å². The van der Waals surface area contributed by atoms with Crippen molar-refractivity contribution >= 4 is 11.9 Å². The molecule has 0 aliphatic heterocycles. The summed E-state index contributed by atoms with van der Waals surface area (Å²) in [5, 5.41) is 0. The second-order valence-electron chi connectivity index (χ2n) is 6.31. The lowest BCUT2D eigenvalue weighted by Gasteiger charge is -2.05. The lowest BCUT2D eigenvalue weighted by Crippen LogP contribution is -2.05. The van der Waals surface area contributed by atoms with Gasteiger partial charge in [0.25, 0.3) is 0 Å². The summed E-state index contributed by atoms with van der Waals surface area (Å²) in [6.07, 6.45) is 12.1. The molecule has 2 aromatic heterocycles. The van der Waals surface area contributed by atoms with Crippen LogP contribution in [0, 0.1) is 0 Å². The summed E-state index contributed by atoms with van der Waals surface area (Å²) in [6, 6.07) is 7.39. The van der Waals surface area contributed by atoms with Crippen LogP contribution in [-0.4, -0.2) is 21.9 Å². The first-order valence-electron chi connectivity index (χ1n) is 9.33. The van der Waals surface area contributed by atoms with Crippen LogP contribution >= 0.6 is 0 Å². The Labute approximate surface area is 159 Å².